The van der Waals surface area contributed by atoms with E-state index in [0.717, 1.165) is 43.0 Å². The monoisotopic (exact) mass is 475 g/mol. The number of carbonyl (C=O) groups excluding carboxylic acids is 2. The van der Waals surface area contributed by atoms with Gasteiger partial charge in [-0.25, -0.2) is 9.59 Å². The molecule has 14 nitrogen and oxygen atoms in total. The molecular formula is C17H21N3O11S. The highest BCUT2D eigenvalue weighted by Crippen LogP contribution is 2.34. The van der Waals surface area contributed by atoms with Crippen molar-refractivity contribution in [2.45, 2.75) is 38.4 Å². The third-order valence-corrected chi connectivity index (χ3v) is 4.59. The molecule has 2 heterocycles. The number of anilines is 1. The van der Waals surface area contributed by atoms with E-state index >= 15 is 0 Å². The average Bonchev–Trinajstić information content (AvgIpc) is 2.94. The van der Waals surface area contributed by atoms with Gasteiger partial charge in [0.15, 0.2) is 12.3 Å². The summed E-state index contributed by atoms with van der Waals surface area (Å²) in [5.74, 6) is -3.13. The predicted octanol–water partition coefficient (Wildman–Crippen LogP) is -1.34. The Morgan fingerprint density at radius 3 is 2.47 bits per heavy atom. The summed E-state index contributed by atoms with van der Waals surface area (Å²) in [6, 6.07) is 0. The van der Waals surface area contributed by atoms with E-state index in [4.69, 9.17) is 29.2 Å². The zero-order valence-electron chi connectivity index (χ0n) is 17.2. The molecule has 0 aromatic carbocycles. The first kappa shape index (κ1) is 25.0. The molecule has 1 aromatic heterocycles. The molecule has 0 saturated carbocycles. The number of carboxylic acid groups (broad SMARTS) is 1. The number of carboxylic acids is 1. The summed E-state index contributed by atoms with van der Waals surface area (Å²) in [7, 11) is -4.11. The van der Waals surface area contributed by atoms with Crippen molar-refractivity contribution >= 4 is 39.9 Å². The Balaban J connectivity index is 2.57. The second kappa shape index (κ2) is 9.88. The summed E-state index contributed by atoms with van der Waals surface area (Å²) in [4.78, 5) is 49.7. The largest absolute Gasteiger partial charge is 0.478 e. The van der Waals surface area contributed by atoms with Crippen molar-refractivity contribution in [3.8, 4) is 0 Å². The fourth-order valence-corrected chi connectivity index (χ4v) is 3.51. The summed E-state index contributed by atoms with van der Waals surface area (Å²) < 4.78 is 45.1. The van der Waals surface area contributed by atoms with Crippen LogP contribution in [0.5, 0.6) is 0 Å². The summed E-state index contributed by atoms with van der Waals surface area (Å²) in [5.41, 5.74) is 4.70. The highest BCUT2D eigenvalue weighted by Gasteiger charge is 2.51. The highest BCUT2D eigenvalue weighted by atomic mass is 32.2. The van der Waals surface area contributed by atoms with Crippen LogP contribution in [-0.2, 0) is 42.9 Å². The van der Waals surface area contributed by atoms with Gasteiger partial charge in [0.25, 0.3) is 10.1 Å². The van der Waals surface area contributed by atoms with Crippen LogP contribution in [0.3, 0.4) is 0 Å². The maximum Gasteiger partial charge on any atom is 0.351 e. The summed E-state index contributed by atoms with van der Waals surface area (Å²) >= 11 is 0. The van der Waals surface area contributed by atoms with Crippen LogP contribution in [0.1, 0.15) is 25.6 Å². The molecule has 0 aliphatic carbocycles. The Hall–Kier alpha value is -3.30. The summed E-state index contributed by atoms with van der Waals surface area (Å²) in [5, 5.41) is 8.81. The molecule has 32 heavy (non-hydrogen) atoms. The highest BCUT2D eigenvalue weighted by molar-refractivity contribution is 7.86. The number of rotatable bonds is 8. The number of nitrogens with zero attached hydrogens (tertiary/aromatic N) is 2. The fraction of sp³-hybridized carbons (Fsp3) is 0.471. The molecule has 4 atom stereocenters. The standard InChI is InChI=1S/C17H21N3O11S/c1-8(21)28-7-11-13(31-32(3,26)27)14(29-9(2)22)16(30-11)20-6-10(4-5-12(23)24)15(18)19-17(20)25/h4-6,11,13-14,16H,7H2,1-3H3,(H,23,24)(H2,18,19,25)/t11-,13+,14-,16-/m1/s1. The molecular weight excluding hydrogens is 454 g/mol. The van der Waals surface area contributed by atoms with Gasteiger partial charge in [-0.05, 0) is 6.08 Å². The van der Waals surface area contributed by atoms with Crippen molar-refractivity contribution in [2.75, 3.05) is 18.6 Å². The molecule has 0 amide bonds. The number of ether oxygens (including phenoxy) is 3. The van der Waals surface area contributed by atoms with E-state index in [1.807, 2.05) is 0 Å². The normalized spacial score (nSPS) is 23.2. The van der Waals surface area contributed by atoms with Crippen molar-refractivity contribution in [2.24, 2.45) is 0 Å². The van der Waals surface area contributed by atoms with E-state index in [2.05, 4.69) is 4.98 Å². The van der Waals surface area contributed by atoms with E-state index in [-0.39, 0.29) is 11.4 Å². The second-order valence-electron chi connectivity index (χ2n) is 6.65. The Kier molecular flexibility index (Phi) is 7.71. The van der Waals surface area contributed by atoms with E-state index in [9.17, 15) is 27.6 Å². The van der Waals surface area contributed by atoms with Gasteiger partial charge < -0.3 is 25.1 Å². The van der Waals surface area contributed by atoms with Crippen molar-refractivity contribution in [1.82, 2.24) is 9.55 Å². The number of nitrogen functional groups attached to an aromatic ring is 1. The minimum atomic E-state index is -4.11. The Morgan fingerprint density at radius 2 is 1.94 bits per heavy atom. The van der Waals surface area contributed by atoms with Gasteiger partial charge in [-0.3, -0.25) is 18.3 Å². The first-order chi connectivity index (χ1) is 14.8. The van der Waals surface area contributed by atoms with Gasteiger partial charge in [-0.15, -0.1) is 0 Å². The number of hydrogen-bond donors (Lipinski definition) is 2. The smallest absolute Gasteiger partial charge is 0.351 e. The maximum atomic E-state index is 12.5. The Morgan fingerprint density at radius 1 is 1.28 bits per heavy atom. The minimum Gasteiger partial charge on any atom is -0.478 e. The van der Waals surface area contributed by atoms with Crippen LogP contribution >= 0.6 is 0 Å². The van der Waals surface area contributed by atoms with Crippen LogP contribution in [0.25, 0.3) is 6.08 Å². The molecule has 0 spiro atoms. The lowest BCUT2D eigenvalue weighted by molar-refractivity contribution is -0.155. The molecule has 1 aliphatic rings. The van der Waals surface area contributed by atoms with E-state index in [0.29, 0.717) is 0 Å². The van der Waals surface area contributed by atoms with Crippen molar-refractivity contribution in [1.29, 1.82) is 0 Å². The average molecular weight is 475 g/mol. The molecule has 176 valence electrons. The molecule has 3 N–H and O–H groups in total. The number of nitrogens with two attached hydrogens (primary N) is 1. The van der Waals surface area contributed by atoms with Crippen molar-refractivity contribution < 1.29 is 46.3 Å². The van der Waals surface area contributed by atoms with Crippen LogP contribution in [0.2, 0.25) is 0 Å². The number of carbonyl (C=O) groups is 3. The second-order valence-corrected chi connectivity index (χ2v) is 8.25. The van der Waals surface area contributed by atoms with Gasteiger partial charge in [0.1, 0.15) is 24.6 Å². The topological polar surface area (TPSA) is 203 Å². The first-order valence-corrected chi connectivity index (χ1v) is 10.7. The molecule has 1 aliphatic heterocycles. The van der Waals surface area contributed by atoms with Crippen molar-refractivity contribution in [3.05, 3.63) is 28.3 Å². The summed E-state index contributed by atoms with van der Waals surface area (Å²) in [6.45, 7) is 1.67. The molecule has 0 bridgehead atoms. The third-order valence-electron chi connectivity index (χ3n) is 4.01. The lowest BCUT2D eigenvalue weighted by Gasteiger charge is -2.23. The number of aromatic nitrogens is 2. The Labute approximate surface area is 181 Å². The van der Waals surface area contributed by atoms with Crippen molar-refractivity contribution in [3.63, 3.8) is 0 Å². The van der Waals surface area contributed by atoms with Crippen LogP contribution in [0, 0.1) is 0 Å². The fourth-order valence-electron chi connectivity index (χ4n) is 2.87. The van der Waals surface area contributed by atoms with Gasteiger partial charge in [0.05, 0.1) is 6.26 Å². The third kappa shape index (κ3) is 6.60. The SMILES string of the molecule is CC(=O)OC[C@H]1O[C@@H](n2cc(C=CC(=O)O)c(N)nc2=O)[C@H](OC(C)=O)[C@H]1OS(C)(=O)=O. The quantitative estimate of drug-likeness (QED) is 0.254. The number of aliphatic carboxylic acids is 1. The van der Waals surface area contributed by atoms with Crippen LogP contribution in [0.15, 0.2) is 17.1 Å². The molecule has 15 heteroatoms. The lowest BCUT2D eigenvalue weighted by atomic mass is 10.1. The van der Waals surface area contributed by atoms with Crippen LogP contribution in [0.4, 0.5) is 5.82 Å². The first-order valence-electron chi connectivity index (χ1n) is 8.92. The molecule has 1 fully saturated rings. The lowest BCUT2D eigenvalue weighted by Crippen LogP contribution is -2.42. The van der Waals surface area contributed by atoms with Gasteiger partial charge in [-0.1, -0.05) is 0 Å². The molecule has 1 aromatic rings. The van der Waals surface area contributed by atoms with Gasteiger partial charge in [0, 0.05) is 31.7 Å². The Bertz CT molecular complexity index is 1100. The van der Waals surface area contributed by atoms with E-state index in [1.54, 1.807) is 0 Å². The van der Waals surface area contributed by atoms with Gasteiger partial charge >= 0.3 is 23.6 Å². The van der Waals surface area contributed by atoms with Gasteiger partial charge in [-0.2, -0.15) is 13.4 Å². The summed E-state index contributed by atoms with van der Waals surface area (Å²) in [6.07, 6.45) is -2.04. The molecule has 1 saturated heterocycles. The minimum absolute atomic E-state index is 0.0150. The zero-order valence-corrected chi connectivity index (χ0v) is 18.0. The molecule has 0 radical (unpaired) electrons. The van der Waals surface area contributed by atoms with Crippen LogP contribution in [-0.4, -0.2) is 72.2 Å². The zero-order chi connectivity index (χ0) is 24.2. The van der Waals surface area contributed by atoms with E-state index in [1.165, 1.54) is 0 Å². The number of esters is 2. The van der Waals surface area contributed by atoms with Crippen LogP contribution < -0.4 is 11.4 Å². The van der Waals surface area contributed by atoms with E-state index < -0.39 is 64.9 Å². The maximum absolute atomic E-state index is 12.5. The number of hydrogen-bond acceptors (Lipinski definition) is 12. The molecule has 2 rings (SSSR count). The molecule has 0 unspecified atom stereocenters. The predicted molar refractivity (Wildman–Crippen MR) is 105 cm³/mol. The van der Waals surface area contributed by atoms with Gasteiger partial charge in [0.2, 0.25) is 0 Å².